The van der Waals surface area contributed by atoms with E-state index in [1.807, 2.05) is 0 Å². The summed E-state index contributed by atoms with van der Waals surface area (Å²) in [6, 6.07) is 0. The van der Waals surface area contributed by atoms with Crippen molar-refractivity contribution in [2.45, 2.75) is 214 Å². The zero-order valence-electron chi connectivity index (χ0n) is 31.1. The number of unbranched alkanes of at least 4 members (excludes halogenated alkanes) is 7. The maximum atomic E-state index is 3.68. The van der Waals surface area contributed by atoms with Crippen molar-refractivity contribution < 1.29 is 0 Å². The van der Waals surface area contributed by atoms with Gasteiger partial charge in [0.1, 0.15) is 0 Å². The average molecular weight is 619 g/mol. The Morgan fingerprint density at radius 3 is 0.867 bits per heavy atom. The van der Waals surface area contributed by atoms with Crippen molar-refractivity contribution in [3.8, 4) is 23.7 Å². The predicted molar refractivity (Wildman–Crippen MR) is 200 cm³/mol. The van der Waals surface area contributed by atoms with Gasteiger partial charge in [0, 0.05) is 23.7 Å². The molecule has 0 spiro atoms. The van der Waals surface area contributed by atoms with E-state index in [0.29, 0.717) is 0 Å². The monoisotopic (exact) mass is 619 g/mol. The van der Waals surface area contributed by atoms with Crippen LogP contribution in [0.4, 0.5) is 0 Å². The van der Waals surface area contributed by atoms with Crippen LogP contribution in [0.25, 0.3) is 0 Å². The molecule has 0 radical (unpaired) electrons. The minimum atomic E-state index is 0.731. The fourth-order valence-electron chi connectivity index (χ4n) is 8.99. The molecule has 4 saturated carbocycles. The molecule has 0 aromatic heterocycles. The number of rotatable bonds is 13. The fraction of sp³-hybridized carbons (Fsp3) is 0.911. The normalized spacial score (nSPS) is 31.8. The van der Waals surface area contributed by atoms with Crippen LogP contribution >= 0.6 is 0 Å². The molecular weight excluding hydrogens is 540 g/mol. The molecule has 4 fully saturated rings. The molecule has 0 nitrogen and oxygen atoms in total. The second kappa shape index (κ2) is 24.3. The first kappa shape index (κ1) is 38.6. The lowest BCUT2D eigenvalue weighted by molar-refractivity contribution is 0.292. The summed E-state index contributed by atoms with van der Waals surface area (Å²) in [7, 11) is 0. The third kappa shape index (κ3) is 16.7. The van der Waals surface area contributed by atoms with E-state index in [9.17, 15) is 0 Å². The van der Waals surface area contributed by atoms with Crippen molar-refractivity contribution in [2.75, 3.05) is 0 Å². The van der Waals surface area contributed by atoms with Gasteiger partial charge in [0.15, 0.2) is 0 Å². The summed E-state index contributed by atoms with van der Waals surface area (Å²) in [5, 5.41) is 0. The molecule has 4 aliphatic rings. The molecule has 0 N–H and O–H groups in total. The first-order valence-corrected chi connectivity index (χ1v) is 21.1. The third-order valence-corrected chi connectivity index (χ3v) is 12.7. The average Bonchev–Trinajstić information content (AvgIpc) is 3.10. The molecule has 258 valence electrons. The maximum Gasteiger partial charge on any atom is 0.0203 e. The SMILES string of the molecule is CCCCCCC1CCC(C#CC2CCC(CC)CC2)CC1.CCCCCCCC1CCC(C#CC2CCC(CC)CC2)CC1. The zero-order chi connectivity index (χ0) is 32.0. The highest BCUT2D eigenvalue weighted by Gasteiger charge is 2.23. The second-order valence-corrected chi connectivity index (χ2v) is 16.3. The van der Waals surface area contributed by atoms with Crippen molar-refractivity contribution in [3.63, 3.8) is 0 Å². The van der Waals surface area contributed by atoms with Gasteiger partial charge in [0.25, 0.3) is 0 Å². The Kier molecular flexibility index (Phi) is 20.8. The van der Waals surface area contributed by atoms with Crippen molar-refractivity contribution in [3.05, 3.63) is 0 Å². The van der Waals surface area contributed by atoms with Gasteiger partial charge in [-0.2, -0.15) is 0 Å². The van der Waals surface area contributed by atoms with Crippen LogP contribution in [-0.4, -0.2) is 0 Å². The van der Waals surface area contributed by atoms with Crippen molar-refractivity contribution >= 4 is 0 Å². The van der Waals surface area contributed by atoms with Gasteiger partial charge in [-0.15, -0.1) is 0 Å². The number of hydrogen-bond donors (Lipinski definition) is 0. The predicted octanol–water partition coefficient (Wildman–Crippen LogP) is 14.4. The Morgan fingerprint density at radius 1 is 0.311 bits per heavy atom. The Hall–Kier alpha value is -0.880. The van der Waals surface area contributed by atoms with Crippen molar-refractivity contribution in [2.24, 2.45) is 47.3 Å². The van der Waals surface area contributed by atoms with Crippen LogP contribution in [0.5, 0.6) is 0 Å². The standard InChI is InChI=1S/C23H40.C22H38/c1-3-5-6-7-8-9-21-14-16-23(17-15-21)19-18-22-12-10-20(4-2)11-13-22;1-3-5-6-7-8-20-13-15-22(16-14-20)18-17-21-11-9-19(4-2)10-12-21/h20-23H,3-17H2,1-2H3;19-22H,3-16H2,1-2H3. The lowest BCUT2D eigenvalue weighted by atomic mass is 9.78. The lowest BCUT2D eigenvalue weighted by Gasteiger charge is -2.26. The van der Waals surface area contributed by atoms with Gasteiger partial charge in [-0.1, -0.05) is 135 Å². The fourth-order valence-corrected chi connectivity index (χ4v) is 8.99. The van der Waals surface area contributed by atoms with Gasteiger partial charge in [0.05, 0.1) is 0 Å². The molecule has 0 aromatic carbocycles. The second-order valence-electron chi connectivity index (χ2n) is 16.3. The van der Waals surface area contributed by atoms with E-state index in [1.54, 1.807) is 0 Å². The summed E-state index contributed by atoms with van der Waals surface area (Å²) in [6.45, 7) is 9.30. The molecular formula is C45H78. The van der Waals surface area contributed by atoms with Crippen molar-refractivity contribution in [1.29, 1.82) is 0 Å². The summed E-state index contributed by atoms with van der Waals surface area (Å²) in [5.74, 6) is 21.7. The smallest absolute Gasteiger partial charge is 0.0203 e. The van der Waals surface area contributed by atoms with E-state index in [0.717, 1.165) is 47.3 Å². The Labute approximate surface area is 284 Å². The molecule has 0 atom stereocenters. The first-order chi connectivity index (χ1) is 22.1. The summed E-state index contributed by atoms with van der Waals surface area (Å²) in [5.41, 5.74) is 0. The first-order valence-electron chi connectivity index (χ1n) is 21.1. The van der Waals surface area contributed by atoms with Crippen molar-refractivity contribution in [1.82, 2.24) is 0 Å². The third-order valence-electron chi connectivity index (χ3n) is 12.7. The minimum absolute atomic E-state index is 0.731. The minimum Gasteiger partial charge on any atom is -0.0996 e. The molecule has 0 bridgehead atoms. The number of hydrogen-bond acceptors (Lipinski definition) is 0. The summed E-state index contributed by atoms with van der Waals surface area (Å²) in [4.78, 5) is 0. The van der Waals surface area contributed by atoms with Gasteiger partial charge < -0.3 is 0 Å². The summed E-state index contributed by atoms with van der Waals surface area (Å²) in [6.07, 6.45) is 41.2. The van der Waals surface area contributed by atoms with E-state index in [2.05, 4.69) is 51.4 Å². The van der Waals surface area contributed by atoms with Crippen LogP contribution in [0.1, 0.15) is 214 Å². The highest BCUT2D eigenvalue weighted by atomic mass is 14.3. The molecule has 0 unspecified atom stereocenters. The quantitative estimate of drug-likeness (QED) is 0.142. The molecule has 0 amide bonds. The molecule has 45 heavy (non-hydrogen) atoms. The van der Waals surface area contributed by atoms with Crippen LogP contribution in [0, 0.1) is 71.0 Å². The Balaban J connectivity index is 0.000000246. The summed E-state index contributed by atoms with van der Waals surface area (Å²) < 4.78 is 0. The van der Waals surface area contributed by atoms with E-state index >= 15 is 0 Å². The van der Waals surface area contributed by atoms with E-state index in [1.165, 1.54) is 186 Å². The Bertz CT molecular complexity index is 813. The molecule has 0 heterocycles. The van der Waals surface area contributed by atoms with Gasteiger partial charge in [-0.25, -0.2) is 0 Å². The lowest BCUT2D eigenvalue weighted by Crippen LogP contribution is -2.15. The highest BCUT2D eigenvalue weighted by molar-refractivity contribution is 5.10. The van der Waals surface area contributed by atoms with Crippen LogP contribution in [0.2, 0.25) is 0 Å². The van der Waals surface area contributed by atoms with E-state index in [-0.39, 0.29) is 0 Å². The maximum absolute atomic E-state index is 3.68. The summed E-state index contributed by atoms with van der Waals surface area (Å²) >= 11 is 0. The van der Waals surface area contributed by atoms with Crippen LogP contribution in [-0.2, 0) is 0 Å². The highest BCUT2D eigenvalue weighted by Crippen LogP contribution is 2.35. The topological polar surface area (TPSA) is 0 Å². The van der Waals surface area contributed by atoms with Gasteiger partial charge in [0.2, 0.25) is 0 Å². The van der Waals surface area contributed by atoms with Crippen LogP contribution in [0.3, 0.4) is 0 Å². The van der Waals surface area contributed by atoms with E-state index < -0.39 is 0 Å². The van der Waals surface area contributed by atoms with Crippen LogP contribution in [0.15, 0.2) is 0 Å². The van der Waals surface area contributed by atoms with Gasteiger partial charge in [-0.05, 0) is 126 Å². The molecule has 0 heteroatoms. The molecule has 4 aliphatic carbocycles. The Morgan fingerprint density at radius 2 is 0.578 bits per heavy atom. The molecule has 0 saturated heterocycles. The molecule has 0 aromatic rings. The van der Waals surface area contributed by atoms with Gasteiger partial charge in [-0.3, -0.25) is 0 Å². The van der Waals surface area contributed by atoms with Gasteiger partial charge >= 0.3 is 0 Å². The van der Waals surface area contributed by atoms with Crippen LogP contribution < -0.4 is 0 Å². The zero-order valence-corrected chi connectivity index (χ0v) is 31.1. The molecule has 0 aliphatic heterocycles. The molecule has 4 rings (SSSR count). The largest absolute Gasteiger partial charge is 0.0996 e. The van der Waals surface area contributed by atoms with E-state index in [4.69, 9.17) is 0 Å².